The number of aliphatic hydroxyl groups excluding tert-OH is 1. The number of piperazine rings is 2. The van der Waals surface area contributed by atoms with Crippen LogP contribution >= 0.6 is 0 Å². The number of morpholine rings is 1. The molecule has 276 valence electrons. The maximum atomic E-state index is 8.79. The highest BCUT2D eigenvalue weighted by atomic mass is 16.5. The summed E-state index contributed by atoms with van der Waals surface area (Å²) in [5, 5.41) is 8.79. The molecular formula is C37H80N6O3. The molecule has 0 aliphatic carbocycles. The standard InChI is InChI=1S/C10H22N2O.C10H21NO.C9H20N2.C8H17NO/c1-10(2,3)12-6-4-11(5-7-12)8-9-13;1-10(2,3)11-6-5-9(7-11)8-12-4;1-9(2,3)11-7-5-10(4)6-8-11;1-8(2,3)9-4-6-10-7-5-9/h13H,4-9H2,1-3H3;9H,5-8H2,1-4H3;5-8H2,1-4H3;4-7H2,1-3H3. The van der Waals surface area contributed by atoms with Crippen molar-refractivity contribution in [2.75, 3.05) is 126 Å². The van der Waals surface area contributed by atoms with E-state index in [0.717, 1.165) is 71.6 Å². The molecule has 0 bridgehead atoms. The Hall–Kier alpha value is -0.360. The molecule has 0 spiro atoms. The third-order valence-corrected chi connectivity index (χ3v) is 9.79. The lowest BCUT2D eigenvalue weighted by Gasteiger charge is -2.42. The quantitative estimate of drug-likeness (QED) is 0.478. The highest BCUT2D eigenvalue weighted by molar-refractivity contribution is 4.85. The summed E-state index contributed by atoms with van der Waals surface area (Å²) in [6.45, 7) is 45.0. The van der Waals surface area contributed by atoms with Gasteiger partial charge < -0.3 is 19.5 Å². The average molecular weight is 657 g/mol. The van der Waals surface area contributed by atoms with Gasteiger partial charge >= 0.3 is 0 Å². The van der Waals surface area contributed by atoms with Crippen molar-refractivity contribution in [1.29, 1.82) is 0 Å². The topological polar surface area (TPSA) is 58.1 Å². The molecular weight excluding hydrogens is 576 g/mol. The van der Waals surface area contributed by atoms with Gasteiger partial charge in [-0.3, -0.25) is 24.5 Å². The second kappa shape index (κ2) is 20.3. The number of hydrogen-bond acceptors (Lipinski definition) is 9. The van der Waals surface area contributed by atoms with Gasteiger partial charge in [-0.25, -0.2) is 0 Å². The molecule has 4 rings (SSSR count). The van der Waals surface area contributed by atoms with E-state index in [1.165, 1.54) is 45.7 Å². The fourth-order valence-electron chi connectivity index (χ4n) is 6.31. The first-order valence-electron chi connectivity index (χ1n) is 18.3. The second-order valence-corrected chi connectivity index (χ2v) is 17.7. The van der Waals surface area contributed by atoms with Crippen molar-refractivity contribution in [2.24, 2.45) is 5.92 Å². The van der Waals surface area contributed by atoms with Crippen LogP contribution in [0.3, 0.4) is 0 Å². The van der Waals surface area contributed by atoms with Gasteiger partial charge in [0.15, 0.2) is 0 Å². The van der Waals surface area contributed by atoms with Crippen LogP contribution in [0.4, 0.5) is 0 Å². The van der Waals surface area contributed by atoms with Crippen LogP contribution in [0.25, 0.3) is 0 Å². The Bertz CT molecular complexity index is 764. The summed E-state index contributed by atoms with van der Waals surface area (Å²) < 4.78 is 10.4. The third kappa shape index (κ3) is 17.9. The van der Waals surface area contributed by atoms with E-state index >= 15 is 0 Å². The molecule has 4 heterocycles. The molecule has 1 atom stereocenters. The zero-order valence-electron chi connectivity index (χ0n) is 33.3. The lowest BCUT2D eigenvalue weighted by Crippen LogP contribution is -2.53. The van der Waals surface area contributed by atoms with Crippen LogP contribution in [-0.2, 0) is 9.47 Å². The SMILES string of the molecule is CC(C)(C)N1CCN(CCO)CC1.CC(C)(C)N1CCOCC1.CN1CCN(C(C)(C)C)CC1.COCC1CCN(C(C)(C)C)C1. The van der Waals surface area contributed by atoms with E-state index < -0.39 is 0 Å². The van der Waals surface area contributed by atoms with Crippen molar-refractivity contribution >= 4 is 0 Å². The van der Waals surface area contributed by atoms with E-state index in [1.54, 1.807) is 7.11 Å². The molecule has 4 fully saturated rings. The molecule has 0 aromatic rings. The van der Waals surface area contributed by atoms with Crippen molar-refractivity contribution in [3.63, 3.8) is 0 Å². The van der Waals surface area contributed by atoms with Crippen LogP contribution in [0, 0.1) is 5.92 Å². The van der Waals surface area contributed by atoms with Gasteiger partial charge in [-0.05, 0) is 109 Å². The predicted octanol–water partition coefficient (Wildman–Crippen LogP) is 4.30. The van der Waals surface area contributed by atoms with E-state index in [1.807, 2.05) is 0 Å². The van der Waals surface area contributed by atoms with Crippen molar-refractivity contribution in [1.82, 2.24) is 29.4 Å². The van der Waals surface area contributed by atoms with Crippen molar-refractivity contribution in [3.8, 4) is 0 Å². The molecule has 9 heteroatoms. The molecule has 1 unspecified atom stereocenters. The van der Waals surface area contributed by atoms with E-state index in [-0.39, 0.29) is 6.61 Å². The molecule has 0 aromatic heterocycles. The first-order valence-corrected chi connectivity index (χ1v) is 18.3. The Morgan fingerprint density at radius 1 is 0.587 bits per heavy atom. The lowest BCUT2D eigenvalue weighted by atomic mass is 10.1. The van der Waals surface area contributed by atoms with Crippen LogP contribution in [0.2, 0.25) is 0 Å². The fourth-order valence-corrected chi connectivity index (χ4v) is 6.31. The number of hydrogen-bond donors (Lipinski definition) is 1. The Balaban J connectivity index is 0.000000308. The van der Waals surface area contributed by atoms with E-state index in [0.29, 0.717) is 22.2 Å². The van der Waals surface area contributed by atoms with Crippen LogP contribution in [-0.4, -0.2) is 182 Å². The van der Waals surface area contributed by atoms with Gasteiger partial charge in [0.2, 0.25) is 0 Å². The van der Waals surface area contributed by atoms with Gasteiger partial charge in [0.1, 0.15) is 0 Å². The first-order chi connectivity index (χ1) is 21.2. The van der Waals surface area contributed by atoms with Gasteiger partial charge in [-0.15, -0.1) is 0 Å². The Labute approximate surface area is 286 Å². The van der Waals surface area contributed by atoms with Crippen LogP contribution in [0.15, 0.2) is 0 Å². The van der Waals surface area contributed by atoms with Crippen LogP contribution < -0.4 is 0 Å². The Morgan fingerprint density at radius 3 is 1.35 bits per heavy atom. The molecule has 0 aromatic carbocycles. The summed E-state index contributed by atoms with van der Waals surface area (Å²) in [7, 11) is 3.99. The minimum Gasteiger partial charge on any atom is -0.395 e. The van der Waals surface area contributed by atoms with Gasteiger partial charge in [-0.2, -0.15) is 0 Å². The monoisotopic (exact) mass is 657 g/mol. The highest BCUT2D eigenvalue weighted by Crippen LogP contribution is 2.24. The number of methoxy groups -OCH3 is 1. The third-order valence-electron chi connectivity index (χ3n) is 9.79. The Morgan fingerprint density at radius 2 is 1.00 bits per heavy atom. The minimum atomic E-state index is 0.287. The van der Waals surface area contributed by atoms with Gasteiger partial charge in [0.25, 0.3) is 0 Å². The highest BCUT2D eigenvalue weighted by Gasteiger charge is 2.30. The zero-order valence-corrected chi connectivity index (χ0v) is 33.3. The fraction of sp³-hybridized carbons (Fsp3) is 1.00. The van der Waals surface area contributed by atoms with Gasteiger partial charge in [-0.1, -0.05) is 0 Å². The van der Waals surface area contributed by atoms with E-state index in [9.17, 15) is 0 Å². The molecule has 4 saturated heterocycles. The second-order valence-electron chi connectivity index (χ2n) is 17.7. The number of rotatable bonds is 4. The molecule has 1 N–H and O–H groups in total. The normalized spacial score (nSPS) is 23.9. The summed E-state index contributed by atoms with van der Waals surface area (Å²) in [5.74, 6) is 0.759. The summed E-state index contributed by atoms with van der Waals surface area (Å²) in [6, 6.07) is 0. The summed E-state index contributed by atoms with van der Waals surface area (Å²) in [6.07, 6.45) is 1.30. The maximum Gasteiger partial charge on any atom is 0.0594 e. The van der Waals surface area contributed by atoms with Crippen LogP contribution in [0.1, 0.15) is 89.5 Å². The summed E-state index contributed by atoms with van der Waals surface area (Å²) >= 11 is 0. The molecule has 46 heavy (non-hydrogen) atoms. The molecule has 9 nitrogen and oxygen atoms in total. The zero-order chi connectivity index (χ0) is 35.2. The predicted molar refractivity (Wildman–Crippen MR) is 197 cm³/mol. The maximum absolute atomic E-state index is 8.79. The summed E-state index contributed by atoms with van der Waals surface area (Å²) in [4.78, 5) is 14.8. The van der Waals surface area contributed by atoms with Crippen molar-refractivity contribution < 1.29 is 14.6 Å². The van der Waals surface area contributed by atoms with E-state index in [4.69, 9.17) is 14.6 Å². The van der Waals surface area contributed by atoms with Crippen molar-refractivity contribution in [2.45, 2.75) is 112 Å². The van der Waals surface area contributed by atoms with Crippen LogP contribution in [0.5, 0.6) is 0 Å². The molecule has 0 amide bonds. The van der Waals surface area contributed by atoms with E-state index in [2.05, 4.69) is 120 Å². The number of nitrogens with zero attached hydrogens (tertiary/aromatic N) is 6. The van der Waals surface area contributed by atoms with Gasteiger partial charge in [0.05, 0.1) is 26.4 Å². The number of aliphatic hydroxyl groups is 1. The minimum absolute atomic E-state index is 0.287. The largest absolute Gasteiger partial charge is 0.395 e. The van der Waals surface area contributed by atoms with Crippen molar-refractivity contribution in [3.05, 3.63) is 0 Å². The molecule has 0 radical (unpaired) electrons. The Kier molecular flexibility index (Phi) is 19.3. The lowest BCUT2D eigenvalue weighted by molar-refractivity contribution is -0.00389. The number of likely N-dealkylation sites (N-methyl/N-ethyl adjacent to an activating group) is 1. The number of β-amino-alcohol motifs (C(OH)–C–C–N with tert-alkyl or cyclic N) is 1. The average Bonchev–Trinajstić information content (AvgIpc) is 3.44. The molecule has 4 aliphatic rings. The van der Waals surface area contributed by atoms with Gasteiger partial charge in [0, 0.05) is 108 Å². The molecule has 0 saturated carbocycles. The smallest absolute Gasteiger partial charge is 0.0594 e. The molecule has 4 aliphatic heterocycles. The number of likely N-dealkylation sites (tertiary alicyclic amines) is 1. The summed E-state index contributed by atoms with van der Waals surface area (Å²) in [5.41, 5.74) is 1.32. The first kappa shape index (κ1) is 43.7. The number of ether oxygens (including phenoxy) is 2.